The molecule has 2 aliphatic heterocycles. The van der Waals surface area contributed by atoms with Gasteiger partial charge in [-0.3, -0.25) is 9.69 Å². The molecule has 1 unspecified atom stereocenters. The SMILES string of the molecule is NC(=O)[C@H]1CN(c2cc(F)c(C3[C@H]4CS(=O)(=O)C[C@@H]34)c(F)c2)C(=O)O1. The summed E-state index contributed by atoms with van der Waals surface area (Å²) < 4.78 is 56.7. The van der Waals surface area contributed by atoms with Gasteiger partial charge < -0.3 is 10.5 Å². The van der Waals surface area contributed by atoms with Gasteiger partial charge in [-0.1, -0.05) is 0 Å². The molecule has 2 saturated heterocycles. The van der Waals surface area contributed by atoms with Crippen molar-refractivity contribution in [2.45, 2.75) is 12.0 Å². The number of carbonyl (C=O) groups is 2. The third kappa shape index (κ3) is 2.55. The second-order valence-electron chi connectivity index (χ2n) is 6.64. The molecule has 4 atom stereocenters. The van der Waals surface area contributed by atoms with Gasteiger partial charge >= 0.3 is 6.09 Å². The van der Waals surface area contributed by atoms with Crippen LogP contribution in [0.1, 0.15) is 11.5 Å². The zero-order valence-corrected chi connectivity index (χ0v) is 13.6. The monoisotopic (exact) mass is 372 g/mol. The Kier molecular flexibility index (Phi) is 3.34. The van der Waals surface area contributed by atoms with E-state index in [1.807, 2.05) is 0 Å². The number of anilines is 1. The summed E-state index contributed by atoms with van der Waals surface area (Å²) >= 11 is 0. The molecule has 25 heavy (non-hydrogen) atoms. The Labute approximate surface area is 141 Å². The number of hydrogen-bond donors (Lipinski definition) is 1. The lowest BCUT2D eigenvalue weighted by Crippen LogP contribution is -2.32. The van der Waals surface area contributed by atoms with Gasteiger partial charge in [0.15, 0.2) is 15.9 Å². The Morgan fingerprint density at radius 3 is 2.24 bits per heavy atom. The molecule has 4 rings (SSSR count). The van der Waals surface area contributed by atoms with Crippen LogP contribution in [-0.2, 0) is 19.4 Å². The van der Waals surface area contributed by atoms with Gasteiger partial charge in [0.25, 0.3) is 5.91 Å². The van der Waals surface area contributed by atoms with E-state index in [1.54, 1.807) is 0 Å². The first-order chi connectivity index (χ1) is 11.7. The molecule has 0 aromatic heterocycles. The van der Waals surface area contributed by atoms with Crippen molar-refractivity contribution in [2.24, 2.45) is 17.6 Å². The summed E-state index contributed by atoms with van der Waals surface area (Å²) in [4.78, 5) is 23.8. The van der Waals surface area contributed by atoms with Crippen LogP contribution in [0.4, 0.5) is 19.3 Å². The highest BCUT2D eigenvalue weighted by molar-refractivity contribution is 7.91. The van der Waals surface area contributed by atoms with Gasteiger partial charge in [0, 0.05) is 5.56 Å². The number of nitrogens with two attached hydrogens (primary N) is 1. The van der Waals surface area contributed by atoms with Gasteiger partial charge in [-0.2, -0.15) is 0 Å². The summed E-state index contributed by atoms with van der Waals surface area (Å²) in [7, 11) is -3.11. The summed E-state index contributed by atoms with van der Waals surface area (Å²) in [5.74, 6) is -3.61. The van der Waals surface area contributed by atoms with Crippen molar-refractivity contribution in [3.63, 3.8) is 0 Å². The second kappa shape index (κ2) is 5.13. The molecular formula is C15H14F2N2O5S. The van der Waals surface area contributed by atoms with E-state index in [0.29, 0.717) is 0 Å². The van der Waals surface area contributed by atoms with Crippen molar-refractivity contribution in [3.05, 3.63) is 29.3 Å². The number of halogens is 2. The molecule has 2 heterocycles. The summed E-state index contributed by atoms with van der Waals surface area (Å²) in [6, 6.07) is 1.98. The largest absolute Gasteiger partial charge is 0.434 e. The Hall–Kier alpha value is -2.23. The van der Waals surface area contributed by atoms with Crippen LogP contribution in [-0.4, -0.2) is 44.6 Å². The zero-order chi connectivity index (χ0) is 18.1. The van der Waals surface area contributed by atoms with Crippen LogP contribution in [0.2, 0.25) is 0 Å². The smallest absolute Gasteiger partial charge is 0.415 e. The van der Waals surface area contributed by atoms with Crippen molar-refractivity contribution >= 4 is 27.5 Å². The maximum Gasteiger partial charge on any atom is 0.415 e. The maximum absolute atomic E-state index is 14.5. The fourth-order valence-electron chi connectivity index (χ4n) is 3.85. The van der Waals surface area contributed by atoms with Crippen LogP contribution in [0.5, 0.6) is 0 Å². The Balaban J connectivity index is 1.60. The average Bonchev–Trinajstić information content (AvgIpc) is 2.85. The molecule has 134 valence electrons. The highest BCUT2D eigenvalue weighted by Crippen LogP contribution is 2.60. The first kappa shape index (κ1) is 16.2. The minimum Gasteiger partial charge on any atom is -0.434 e. The minimum atomic E-state index is -3.11. The molecule has 10 heteroatoms. The van der Waals surface area contributed by atoms with Gasteiger partial charge in [0.05, 0.1) is 23.7 Å². The Morgan fingerprint density at radius 1 is 1.20 bits per heavy atom. The van der Waals surface area contributed by atoms with Gasteiger partial charge in [-0.05, 0) is 29.9 Å². The fraction of sp³-hybridized carbons (Fsp3) is 0.467. The number of rotatable bonds is 3. The summed E-state index contributed by atoms with van der Waals surface area (Å²) in [6.45, 7) is -0.223. The van der Waals surface area contributed by atoms with E-state index in [0.717, 1.165) is 17.0 Å². The van der Waals surface area contributed by atoms with E-state index in [-0.39, 0.29) is 41.1 Å². The van der Waals surface area contributed by atoms with Crippen molar-refractivity contribution in [1.82, 2.24) is 0 Å². The molecule has 7 nitrogen and oxygen atoms in total. The van der Waals surface area contributed by atoms with E-state index in [4.69, 9.17) is 10.5 Å². The quantitative estimate of drug-likeness (QED) is 0.833. The standard InChI is InChI=1S/C15H14F2N2O5S/c16-9-1-6(19-3-11(14(18)20)24-15(19)21)2-10(17)13(9)12-7-4-25(22,23)5-8(7)12/h1-2,7-8,11-12H,3-5H2,(H2,18,20)/t7-,8+,11-,12?/m1/s1. The first-order valence-corrected chi connectivity index (χ1v) is 9.47. The Morgan fingerprint density at radius 2 is 1.76 bits per heavy atom. The number of carbonyl (C=O) groups excluding carboxylic acids is 2. The molecule has 1 aliphatic carbocycles. The molecule has 0 spiro atoms. The van der Waals surface area contributed by atoms with Crippen LogP contribution in [0.25, 0.3) is 0 Å². The van der Waals surface area contributed by atoms with Crippen molar-refractivity contribution in [2.75, 3.05) is 23.0 Å². The highest BCUT2D eigenvalue weighted by atomic mass is 32.2. The molecule has 1 saturated carbocycles. The van der Waals surface area contributed by atoms with Crippen molar-refractivity contribution in [1.29, 1.82) is 0 Å². The summed E-state index contributed by atoms with van der Waals surface area (Å²) in [5.41, 5.74) is 4.84. The molecule has 2 amide bonds. The molecule has 0 bridgehead atoms. The average molecular weight is 372 g/mol. The number of hydrogen-bond acceptors (Lipinski definition) is 5. The van der Waals surface area contributed by atoms with Gasteiger partial charge in [0.2, 0.25) is 0 Å². The normalized spacial score (nSPS) is 32.4. The van der Waals surface area contributed by atoms with Gasteiger partial charge in [-0.25, -0.2) is 22.0 Å². The lowest BCUT2D eigenvalue weighted by molar-refractivity contribution is -0.124. The third-order valence-electron chi connectivity index (χ3n) is 5.06. The number of nitrogens with zero attached hydrogens (tertiary/aromatic N) is 1. The van der Waals surface area contributed by atoms with Crippen LogP contribution < -0.4 is 10.6 Å². The number of ether oxygens (including phenoxy) is 1. The van der Waals surface area contributed by atoms with E-state index in [2.05, 4.69) is 0 Å². The van der Waals surface area contributed by atoms with E-state index < -0.39 is 45.5 Å². The second-order valence-corrected chi connectivity index (χ2v) is 8.79. The topological polar surface area (TPSA) is 107 Å². The summed E-state index contributed by atoms with van der Waals surface area (Å²) in [6.07, 6.45) is -2.09. The predicted octanol–water partition coefficient (Wildman–Crippen LogP) is 0.533. The molecule has 3 aliphatic rings. The predicted molar refractivity (Wildman–Crippen MR) is 81.5 cm³/mol. The lowest BCUT2D eigenvalue weighted by atomic mass is 10.1. The van der Waals surface area contributed by atoms with Gasteiger partial charge in [0.1, 0.15) is 11.6 Å². The lowest BCUT2D eigenvalue weighted by Gasteiger charge is -2.15. The number of primary amides is 1. The molecular weight excluding hydrogens is 358 g/mol. The third-order valence-corrected chi connectivity index (χ3v) is 6.85. The van der Waals surface area contributed by atoms with Crippen LogP contribution in [0.15, 0.2) is 12.1 Å². The first-order valence-electron chi connectivity index (χ1n) is 7.65. The van der Waals surface area contributed by atoms with Gasteiger partial charge in [-0.15, -0.1) is 0 Å². The molecule has 0 radical (unpaired) electrons. The van der Waals surface area contributed by atoms with Crippen LogP contribution in [0, 0.1) is 23.5 Å². The minimum absolute atomic E-state index is 0.0539. The van der Waals surface area contributed by atoms with E-state index in [9.17, 15) is 26.8 Å². The molecule has 3 fully saturated rings. The molecule has 1 aromatic rings. The fourth-order valence-corrected chi connectivity index (χ4v) is 6.07. The van der Waals surface area contributed by atoms with Crippen molar-refractivity contribution in [3.8, 4) is 0 Å². The zero-order valence-electron chi connectivity index (χ0n) is 12.8. The van der Waals surface area contributed by atoms with Crippen molar-refractivity contribution < 1.29 is 31.5 Å². The molecule has 2 N–H and O–H groups in total. The number of cyclic esters (lactones) is 1. The number of amides is 2. The number of fused-ring (bicyclic) bond motifs is 1. The van der Waals surface area contributed by atoms with Crippen LogP contribution >= 0.6 is 0 Å². The summed E-state index contributed by atoms with van der Waals surface area (Å²) in [5, 5.41) is 0. The number of benzene rings is 1. The van der Waals surface area contributed by atoms with Crippen LogP contribution in [0.3, 0.4) is 0 Å². The number of sulfone groups is 1. The van der Waals surface area contributed by atoms with E-state index >= 15 is 0 Å². The molecule has 1 aromatic carbocycles. The highest BCUT2D eigenvalue weighted by Gasteiger charge is 2.60. The maximum atomic E-state index is 14.5. The van der Waals surface area contributed by atoms with E-state index in [1.165, 1.54) is 0 Å². The Bertz CT molecular complexity index is 862.